The van der Waals surface area contributed by atoms with E-state index >= 15 is 0 Å². The maximum atomic E-state index is 13.9. The monoisotopic (exact) mass is 594 g/mol. The van der Waals surface area contributed by atoms with E-state index in [1.54, 1.807) is 38.1 Å². The molecule has 0 spiro atoms. The second-order valence-corrected chi connectivity index (χ2v) is 10.2. The van der Waals surface area contributed by atoms with Crippen molar-refractivity contribution >= 4 is 29.4 Å². The van der Waals surface area contributed by atoms with Crippen molar-refractivity contribution in [2.75, 3.05) is 33.5 Å². The lowest BCUT2D eigenvalue weighted by molar-refractivity contribution is -0.143. The molecule has 3 aromatic rings. The third-order valence-electron chi connectivity index (χ3n) is 6.32. The first-order valence-corrected chi connectivity index (χ1v) is 14.5. The molecule has 222 valence electrons. The first-order chi connectivity index (χ1) is 20.3. The van der Waals surface area contributed by atoms with Gasteiger partial charge in [-0.05, 0) is 68.7 Å². The van der Waals surface area contributed by atoms with Gasteiger partial charge < -0.3 is 23.7 Å². The molecule has 0 aliphatic carbocycles. The van der Waals surface area contributed by atoms with E-state index in [-0.39, 0.29) is 24.3 Å². The van der Waals surface area contributed by atoms with Crippen molar-refractivity contribution in [2.24, 2.45) is 4.99 Å². The third kappa shape index (κ3) is 6.73. The van der Waals surface area contributed by atoms with Gasteiger partial charge >= 0.3 is 11.9 Å². The van der Waals surface area contributed by atoms with Crippen LogP contribution in [0.15, 0.2) is 63.5 Å². The van der Waals surface area contributed by atoms with E-state index in [9.17, 15) is 14.4 Å². The second kappa shape index (κ2) is 14.0. The molecular formula is C31H34N2O8S. The molecule has 4 rings (SSSR count). The Labute approximate surface area is 247 Å². The Bertz CT molecular complexity index is 1650. The van der Waals surface area contributed by atoms with E-state index in [0.717, 1.165) is 17.7 Å². The number of hydrogen-bond acceptors (Lipinski definition) is 10. The van der Waals surface area contributed by atoms with Crippen LogP contribution in [0.5, 0.6) is 17.2 Å². The lowest BCUT2D eigenvalue weighted by Crippen LogP contribution is -2.40. The number of esters is 2. The minimum Gasteiger partial charge on any atom is -0.494 e. The van der Waals surface area contributed by atoms with Crippen molar-refractivity contribution in [3.05, 3.63) is 84.5 Å². The highest BCUT2D eigenvalue weighted by molar-refractivity contribution is 7.07. The van der Waals surface area contributed by atoms with Crippen LogP contribution < -0.4 is 29.1 Å². The Kier molecular flexibility index (Phi) is 10.2. The van der Waals surface area contributed by atoms with Gasteiger partial charge in [-0.25, -0.2) is 14.6 Å². The van der Waals surface area contributed by atoms with E-state index in [2.05, 4.69) is 9.73 Å². The van der Waals surface area contributed by atoms with E-state index < -0.39 is 18.0 Å². The van der Waals surface area contributed by atoms with Crippen LogP contribution in [-0.2, 0) is 19.1 Å². The lowest BCUT2D eigenvalue weighted by atomic mass is 9.95. The van der Waals surface area contributed by atoms with Crippen LogP contribution in [0, 0.1) is 0 Å². The van der Waals surface area contributed by atoms with Crippen molar-refractivity contribution in [3.63, 3.8) is 0 Å². The Morgan fingerprint density at radius 2 is 1.76 bits per heavy atom. The fourth-order valence-corrected chi connectivity index (χ4v) is 5.46. The van der Waals surface area contributed by atoms with Crippen molar-refractivity contribution < 1.29 is 33.3 Å². The van der Waals surface area contributed by atoms with Crippen LogP contribution in [0.2, 0.25) is 0 Å². The summed E-state index contributed by atoms with van der Waals surface area (Å²) in [7, 11) is 1.27. The van der Waals surface area contributed by atoms with Crippen LogP contribution in [-0.4, -0.2) is 50.0 Å². The zero-order valence-electron chi connectivity index (χ0n) is 24.3. The molecule has 42 heavy (non-hydrogen) atoms. The van der Waals surface area contributed by atoms with Crippen molar-refractivity contribution in [1.82, 2.24) is 4.57 Å². The predicted molar refractivity (Wildman–Crippen MR) is 158 cm³/mol. The molecule has 0 saturated heterocycles. The molecule has 0 amide bonds. The summed E-state index contributed by atoms with van der Waals surface area (Å²) in [6.07, 6.45) is 2.70. The first kappa shape index (κ1) is 30.6. The summed E-state index contributed by atoms with van der Waals surface area (Å²) in [6, 6.07) is 11.7. The summed E-state index contributed by atoms with van der Waals surface area (Å²) in [4.78, 5) is 43.9. The Hall–Kier alpha value is -4.38. The van der Waals surface area contributed by atoms with Gasteiger partial charge in [-0.3, -0.25) is 9.36 Å². The molecule has 10 nitrogen and oxygen atoms in total. The lowest BCUT2D eigenvalue weighted by Gasteiger charge is -2.25. The molecule has 0 saturated carbocycles. The van der Waals surface area contributed by atoms with Crippen LogP contribution in [0.25, 0.3) is 6.08 Å². The number of methoxy groups -OCH3 is 1. The standard InChI is InChI=1S/C31H34N2O8S/c1-6-15-40-22-12-9-20(10-13-22)16-25-29(35)33-28(27(30(36)39-8-3)19(4)32-31(33)42-25)21-11-14-23(24(17-21)38-7-2)41-18-26(34)37-5/h9-14,16-17,28H,6-8,15,18H2,1-5H3/b25-16-/t28-/m1/s1. The number of carbonyl (C=O) groups excluding carboxylic acids is 2. The summed E-state index contributed by atoms with van der Waals surface area (Å²) >= 11 is 1.24. The smallest absolute Gasteiger partial charge is 0.343 e. The Balaban J connectivity index is 1.83. The molecule has 2 aromatic carbocycles. The zero-order chi connectivity index (χ0) is 30.2. The number of rotatable bonds is 12. The number of nitrogens with zero attached hydrogens (tertiary/aromatic N) is 2. The van der Waals surface area contributed by atoms with Gasteiger partial charge in [0, 0.05) is 0 Å². The van der Waals surface area contributed by atoms with E-state index in [0.29, 0.717) is 45.3 Å². The van der Waals surface area contributed by atoms with Crippen molar-refractivity contribution in [3.8, 4) is 17.2 Å². The SMILES string of the molecule is CCCOc1ccc(/C=c2\sc3n(c2=O)[C@H](c2ccc(OCC(=O)OC)c(OCC)c2)C(C(=O)OCC)=C(C)N=3)cc1. The number of allylic oxidation sites excluding steroid dienone is 1. The molecule has 11 heteroatoms. The minimum absolute atomic E-state index is 0.162. The number of aromatic nitrogens is 1. The molecule has 0 radical (unpaired) electrons. The molecule has 0 unspecified atom stereocenters. The minimum atomic E-state index is -0.832. The molecule has 2 heterocycles. The predicted octanol–water partition coefficient (Wildman–Crippen LogP) is 3.54. The number of thiazole rings is 1. The average Bonchev–Trinajstić information content (AvgIpc) is 3.29. The summed E-state index contributed by atoms with van der Waals surface area (Å²) < 4.78 is 29.1. The van der Waals surface area contributed by atoms with E-state index in [1.807, 2.05) is 38.1 Å². The number of ether oxygens (including phenoxy) is 5. The molecule has 0 N–H and O–H groups in total. The summed E-state index contributed by atoms with van der Waals surface area (Å²) in [6.45, 7) is 8.11. The van der Waals surface area contributed by atoms with Gasteiger partial charge in [-0.15, -0.1) is 0 Å². The quantitative estimate of drug-likeness (QED) is 0.293. The number of carbonyl (C=O) groups is 2. The number of benzene rings is 2. The van der Waals surface area contributed by atoms with Crippen LogP contribution >= 0.6 is 11.3 Å². The highest BCUT2D eigenvalue weighted by Gasteiger charge is 2.34. The van der Waals surface area contributed by atoms with Crippen molar-refractivity contribution in [1.29, 1.82) is 0 Å². The fraction of sp³-hybridized carbons (Fsp3) is 0.355. The summed E-state index contributed by atoms with van der Waals surface area (Å²) in [5.74, 6) is 0.325. The largest absolute Gasteiger partial charge is 0.494 e. The topological polar surface area (TPSA) is 115 Å². The zero-order valence-corrected chi connectivity index (χ0v) is 25.1. The Morgan fingerprint density at radius 3 is 2.43 bits per heavy atom. The highest BCUT2D eigenvalue weighted by atomic mass is 32.1. The summed E-state index contributed by atoms with van der Waals surface area (Å²) in [5, 5.41) is 0. The molecule has 1 aliphatic rings. The van der Waals surface area contributed by atoms with Gasteiger partial charge in [0.1, 0.15) is 5.75 Å². The maximum absolute atomic E-state index is 13.9. The van der Waals surface area contributed by atoms with Gasteiger partial charge in [0.05, 0.1) is 48.8 Å². The molecule has 1 aliphatic heterocycles. The molecule has 0 bridgehead atoms. The normalized spacial score (nSPS) is 14.6. The second-order valence-electron chi connectivity index (χ2n) is 9.22. The fourth-order valence-electron chi connectivity index (χ4n) is 4.42. The van der Waals surface area contributed by atoms with Crippen molar-refractivity contribution in [2.45, 2.75) is 40.2 Å². The highest BCUT2D eigenvalue weighted by Crippen LogP contribution is 2.36. The van der Waals surface area contributed by atoms with Crippen LogP contribution in [0.3, 0.4) is 0 Å². The summed E-state index contributed by atoms with van der Waals surface area (Å²) in [5.41, 5.74) is 1.82. The van der Waals surface area contributed by atoms with Gasteiger partial charge in [-0.1, -0.05) is 36.5 Å². The van der Waals surface area contributed by atoms with Crippen LogP contribution in [0.4, 0.5) is 0 Å². The number of fused-ring (bicyclic) bond motifs is 1. The van der Waals surface area contributed by atoms with Gasteiger partial charge in [0.15, 0.2) is 22.9 Å². The molecule has 1 atom stereocenters. The average molecular weight is 595 g/mol. The van der Waals surface area contributed by atoms with Crippen LogP contribution in [0.1, 0.15) is 51.3 Å². The molecule has 0 fully saturated rings. The Morgan fingerprint density at radius 1 is 1.00 bits per heavy atom. The van der Waals surface area contributed by atoms with E-state index in [4.69, 9.17) is 18.9 Å². The number of hydrogen-bond donors (Lipinski definition) is 0. The third-order valence-corrected chi connectivity index (χ3v) is 7.31. The first-order valence-electron chi connectivity index (χ1n) is 13.7. The van der Waals surface area contributed by atoms with Gasteiger partial charge in [-0.2, -0.15) is 0 Å². The van der Waals surface area contributed by atoms with E-state index in [1.165, 1.54) is 23.0 Å². The molecule has 1 aromatic heterocycles. The van der Waals surface area contributed by atoms with Gasteiger partial charge in [0.25, 0.3) is 5.56 Å². The molecular weight excluding hydrogens is 560 g/mol. The maximum Gasteiger partial charge on any atom is 0.343 e. The van der Waals surface area contributed by atoms with Gasteiger partial charge in [0.2, 0.25) is 0 Å².